The van der Waals surface area contributed by atoms with Gasteiger partial charge in [0.1, 0.15) is 50.8 Å². The van der Waals surface area contributed by atoms with Crippen LogP contribution in [0.1, 0.15) is 163 Å². The second-order valence-electron chi connectivity index (χ2n) is 17.2. The highest BCUT2D eigenvalue weighted by Crippen LogP contribution is 2.29. The number of ether oxygens (including phenoxy) is 2. The Balaban J connectivity index is 1.30. The largest absolute Gasteiger partial charge is 0.507 e. The number of unbranched alkanes of at least 4 members (excludes halogenated alkanes) is 12. The van der Waals surface area contributed by atoms with Crippen LogP contribution >= 0.6 is 0 Å². The number of phenols is 2. The second-order valence-corrected chi connectivity index (χ2v) is 17.2. The minimum absolute atomic E-state index is 0.0507. The summed E-state index contributed by atoms with van der Waals surface area (Å²) in [5, 5.41) is 23.2. The van der Waals surface area contributed by atoms with E-state index < -0.39 is 0 Å². The predicted molar refractivity (Wildman–Crippen MR) is 231 cm³/mol. The van der Waals surface area contributed by atoms with Crippen molar-refractivity contribution in [2.45, 2.75) is 167 Å². The zero-order valence-electron chi connectivity index (χ0n) is 35.4. The summed E-state index contributed by atoms with van der Waals surface area (Å²) in [7, 11) is 0. The first-order chi connectivity index (χ1) is 27.5. The lowest BCUT2D eigenvalue weighted by Gasteiger charge is -2.26. The molecule has 312 valence electrons. The number of hydrogen-bond donors (Lipinski definition) is 4. The Morgan fingerprint density at radius 3 is 1.32 bits per heavy atom. The zero-order valence-corrected chi connectivity index (χ0v) is 35.4. The SMILES string of the molecule is CCCCCCCCCc1cc(C=N[C@@H]2CCCC[C@H]2N=Cc2cc(CCCCCCCCC)cc(C[NH+]3CCOCC3)c2O)c(O)c(C[NH+]2CCOCC2)c1. The van der Waals surface area contributed by atoms with Crippen LogP contribution in [0.3, 0.4) is 0 Å². The maximum Gasteiger partial charge on any atom is 0.133 e. The molecule has 3 fully saturated rings. The number of nitrogens with one attached hydrogen (secondary N) is 2. The zero-order chi connectivity index (χ0) is 39.2. The smallest absolute Gasteiger partial charge is 0.133 e. The van der Waals surface area contributed by atoms with Crippen molar-refractivity contribution < 1.29 is 29.5 Å². The van der Waals surface area contributed by atoms with Gasteiger partial charge < -0.3 is 29.5 Å². The van der Waals surface area contributed by atoms with E-state index in [1.165, 1.54) is 111 Å². The summed E-state index contributed by atoms with van der Waals surface area (Å²) in [6.07, 6.45) is 28.3. The van der Waals surface area contributed by atoms with Gasteiger partial charge in [-0.1, -0.05) is 104 Å². The standard InChI is InChI=1S/C48H76N4O4/c1-3-5-7-9-11-13-15-19-39-31-41(47(53)43(33-39)37-51-23-27-55-28-24-51)35-49-45-21-17-18-22-46(45)50-36-42-32-40(20-16-14-12-10-8-6-4-2)34-44(48(42)54)38-52-25-29-56-30-26-52/h31-36,45-46,53-54H,3-30,37-38H2,1-2H3/p+2/t45-,46-/m1/s1. The Morgan fingerprint density at radius 2 is 0.929 bits per heavy atom. The molecule has 56 heavy (non-hydrogen) atoms. The average molecular weight is 775 g/mol. The molecule has 0 amide bonds. The summed E-state index contributed by atoms with van der Waals surface area (Å²) in [6.45, 7) is 13.2. The Bertz CT molecular complexity index is 1360. The van der Waals surface area contributed by atoms with Gasteiger partial charge in [-0.3, -0.25) is 9.98 Å². The molecule has 2 heterocycles. The van der Waals surface area contributed by atoms with Crippen molar-refractivity contribution in [2.75, 3.05) is 52.6 Å². The van der Waals surface area contributed by atoms with Gasteiger partial charge in [0.15, 0.2) is 0 Å². The number of benzene rings is 2. The monoisotopic (exact) mass is 775 g/mol. The van der Waals surface area contributed by atoms with Crippen molar-refractivity contribution in [3.63, 3.8) is 0 Å². The van der Waals surface area contributed by atoms with Crippen molar-refractivity contribution in [2.24, 2.45) is 9.98 Å². The van der Waals surface area contributed by atoms with Gasteiger partial charge in [0.25, 0.3) is 0 Å². The summed E-state index contributed by atoms with van der Waals surface area (Å²) >= 11 is 0. The number of aromatic hydroxyl groups is 2. The van der Waals surface area contributed by atoms with Crippen LogP contribution in [-0.4, -0.2) is 87.3 Å². The quantitative estimate of drug-likeness (QED) is 0.0663. The van der Waals surface area contributed by atoms with Gasteiger partial charge in [0.05, 0.1) is 38.5 Å². The molecule has 1 aliphatic carbocycles. The molecule has 0 unspecified atom stereocenters. The highest BCUT2D eigenvalue weighted by molar-refractivity contribution is 5.85. The second kappa shape index (κ2) is 25.6. The molecular weight excluding hydrogens is 697 g/mol. The van der Waals surface area contributed by atoms with E-state index in [1.807, 2.05) is 12.4 Å². The molecular formula is C48H78N4O4+2. The number of nitrogens with zero attached hydrogens (tertiary/aromatic N) is 2. The third kappa shape index (κ3) is 15.2. The van der Waals surface area contributed by atoms with Gasteiger partial charge in [-0.2, -0.15) is 0 Å². The Labute approximate surface area is 340 Å². The first-order valence-electron chi connectivity index (χ1n) is 23.1. The van der Waals surface area contributed by atoms with Crippen LogP contribution < -0.4 is 9.80 Å². The topological polar surface area (TPSA) is 92.5 Å². The van der Waals surface area contributed by atoms with Crippen LogP contribution in [0.5, 0.6) is 11.5 Å². The number of phenolic OH excluding ortho intramolecular Hbond substituents is 2. The summed E-state index contributed by atoms with van der Waals surface area (Å²) < 4.78 is 11.3. The number of morpholine rings is 2. The van der Waals surface area contributed by atoms with Crippen LogP contribution in [0.25, 0.3) is 0 Å². The molecule has 8 nitrogen and oxygen atoms in total. The molecule has 0 bridgehead atoms. The third-order valence-electron chi connectivity index (χ3n) is 12.5. The Morgan fingerprint density at radius 1 is 0.554 bits per heavy atom. The average Bonchev–Trinajstić information content (AvgIpc) is 3.22. The van der Waals surface area contributed by atoms with E-state index in [1.54, 1.807) is 0 Å². The van der Waals surface area contributed by atoms with Crippen molar-refractivity contribution in [1.29, 1.82) is 0 Å². The van der Waals surface area contributed by atoms with Gasteiger partial charge in [-0.15, -0.1) is 0 Å². The molecule has 2 aliphatic heterocycles. The lowest BCUT2D eigenvalue weighted by Crippen LogP contribution is -3.12. The van der Waals surface area contributed by atoms with Crippen LogP contribution in [0, 0.1) is 0 Å². The van der Waals surface area contributed by atoms with Crippen molar-refractivity contribution in [3.8, 4) is 11.5 Å². The molecule has 0 radical (unpaired) electrons. The van der Waals surface area contributed by atoms with Gasteiger partial charge in [0.2, 0.25) is 0 Å². The van der Waals surface area contributed by atoms with E-state index >= 15 is 0 Å². The van der Waals surface area contributed by atoms with Crippen LogP contribution in [-0.2, 0) is 35.4 Å². The predicted octanol–water partition coefficient (Wildman–Crippen LogP) is 7.36. The van der Waals surface area contributed by atoms with Crippen molar-refractivity contribution >= 4 is 12.4 Å². The first kappa shape index (κ1) is 44.3. The Hall–Kier alpha value is -2.78. The minimum atomic E-state index is 0.0507. The van der Waals surface area contributed by atoms with E-state index in [0.29, 0.717) is 11.5 Å². The molecule has 8 heteroatoms. The highest BCUT2D eigenvalue weighted by atomic mass is 16.5. The summed E-state index contributed by atoms with van der Waals surface area (Å²) in [5.41, 5.74) is 6.35. The molecule has 4 N–H and O–H groups in total. The molecule has 3 aliphatic rings. The number of hydrogen-bond acceptors (Lipinski definition) is 6. The summed E-state index contributed by atoms with van der Waals surface area (Å²) in [6, 6.07) is 8.97. The molecule has 1 saturated carbocycles. The van der Waals surface area contributed by atoms with E-state index in [-0.39, 0.29) is 12.1 Å². The lowest BCUT2D eigenvalue weighted by atomic mass is 9.91. The number of rotatable bonds is 24. The van der Waals surface area contributed by atoms with Crippen molar-refractivity contribution in [3.05, 3.63) is 57.6 Å². The van der Waals surface area contributed by atoms with E-state index in [2.05, 4.69) is 38.1 Å². The van der Waals surface area contributed by atoms with E-state index in [0.717, 1.165) is 126 Å². The molecule has 2 saturated heterocycles. The lowest BCUT2D eigenvalue weighted by molar-refractivity contribution is -0.921. The maximum absolute atomic E-state index is 11.6. The summed E-state index contributed by atoms with van der Waals surface area (Å²) in [4.78, 5) is 13.3. The van der Waals surface area contributed by atoms with Gasteiger partial charge in [0, 0.05) is 34.7 Å². The van der Waals surface area contributed by atoms with Gasteiger partial charge >= 0.3 is 0 Å². The molecule has 2 aromatic rings. The fraction of sp³-hybridized carbons (Fsp3) is 0.708. The maximum atomic E-state index is 11.6. The van der Waals surface area contributed by atoms with Gasteiger partial charge in [-0.25, -0.2) is 0 Å². The van der Waals surface area contributed by atoms with Gasteiger partial charge in [-0.05, 0) is 73.9 Å². The van der Waals surface area contributed by atoms with Crippen LogP contribution in [0.2, 0.25) is 0 Å². The minimum Gasteiger partial charge on any atom is -0.507 e. The van der Waals surface area contributed by atoms with E-state index in [9.17, 15) is 10.2 Å². The van der Waals surface area contributed by atoms with Crippen LogP contribution in [0.4, 0.5) is 0 Å². The fourth-order valence-corrected chi connectivity index (χ4v) is 8.91. The highest BCUT2D eigenvalue weighted by Gasteiger charge is 2.25. The molecule has 2 aromatic carbocycles. The summed E-state index contributed by atoms with van der Waals surface area (Å²) in [5.74, 6) is 0.758. The molecule has 0 spiro atoms. The molecule has 0 aromatic heterocycles. The fourth-order valence-electron chi connectivity index (χ4n) is 8.91. The Kier molecular flexibility index (Phi) is 20.2. The normalized spacial score (nSPS) is 20.1. The third-order valence-corrected chi connectivity index (χ3v) is 12.5. The first-order valence-corrected chi connectivity index (χ1v) is 23.1. The number of aryl methyl sites for hydroxylation is 2. The number of aliphatic imine (C=N–C) groups is 2. The van der Waals surface area contributed by atoms with Crippen molar-refractivity contribution in [1.82, 2.24) is 0 Å². The molecule has 2 atom stereocenters. The molecule has 5 rings (SSSR count). The number of quaternary nitrogens is 2. The van der Waals surface area contributed by atoms with Crippen LogP contribution in [0.15, 0.2) is 34.3 Å². The van der Waals surface area contributed by atoms with E-state index in [4.69, 9.17) is 19.5 Å².